The van der Waals surface area contributed by atoms with E-state index in [4.69, 9.17) is 0 Å². The van der Waals surface area contributed by atoms with Crippen molar-refractivity contribution in [1.29, 1.82) is 0 Å². The predicted molar refractivity (Wildman–Crippen MR) is 85.0 cm³/mol. The molecule has 0 aromatic heterocycles. The number of rotatable bonds is 7. The summed E-state index contributed by atoms with van der Waals surface area (Å²) >= 11 is 0. The molecular formula is C17H26N2O2. The molecule has 21 heavy (non-hydrogen) atoms. The minimum absolute atomic E-state index is 0.0156. The molecule has 2 atom stereocenters. The molecule has 0 aliphatic carbocycles. The highest BCUT2D eigenvalue weighted by Gasteiger charge is 2.11. The van der Waals surface area contributed by atoms with E-state index in [9.17, 15) is 9.59 Å². The standard InChI is InChI=1S/C17H26N2O2/c1-5-12(3)16(20)18-11-14-8-7-9-15(10-14)17(21)19-13(4)6-2/h7-10,12-13H,5-6,11H2,1-4H3,(H,18,20)(H,19,21). The van der Waals surface area contributed by atoms with Gasteiger partial charge in [0.15, 0.2) is 0 Å². The maximum absolute atomic E-state index is 12.1. The average Bonchev–Trinajstić information content (AvgIpc) is 2.51. The van der Waals surface area contributed by atoms with Crippen LogP contribution >= 0.6 is 0 Å². The Balaban J connectivity index is 2.64. The third-order valence-corrected chi connectivity index (χ3v) is 3.71. The van der Waals surface area contributed by atoms with Gasteiger partial charge in [0.1, 0.15) is 0 Å². The second-order valence-corrected chi connectivity index (χ2v) is 5.51. The zero-order valence-electron chi connectivity index (χ0n) is 13.4. The van der Waals surface area contributed by atoms with Crippen LogP contribution in [0.4, 0.5) is 0 Å². The second kappa shape index (κ2) is 8.45. The van der Waals surface area contributed by atoms with Gasteiger partial charge in [-0.05, 0) is 37.5 Å². The first-order valence-electron chi connectivity index (χ1n) is 7.65. The van der Waals surface area contributed by atoms with Gasteiger partial charge in [-0.25, -0.2) is 0 Å². The highest BCUT2D eigenvalue weighted by Crippen LogP contribution is 2.07. The fourth-order valence-electron chi connectivity index (χ4n) is 1.78. The molecule has 1 aromatic rings. The Kier molecular flexibility index (Phi) is 6.92. The molecule has 1 rings (SSSR count). The van der Waals surface area contributed by atoms with Crippen molar-refractivity contribution in [2.45, 2.75) is 53.1 Å². The molecule has 0 heterocycles. The summed E-state index contributed by atoms with van der Waals surface area (Å²) in [5.74, 6) is -0.00621. The monoisotopic (exact) mass is 290 g/mol. The summed E-state index contributed by atoms with van der Waals surface area (Å²) < 4.78 is 0. The lowest BCUT2D eigenvalue weighted by Crippen LogP contribution is -2.32. The van der Waals surface area contributed by atoms with E-state index >= 15 is 0 Å². The molecule has 0 spiro atoms. The summed E-state index contributed by atoms with van der Waals surface area (Å²) in [6.45, 7) is 8.36. The van der Waals surface area contributed by atoms with Crippen molar-refractivity contribution in [2.75, 3.05) is 0 Å². The van der Waals surface area contributed by atoms with E-state index < -0.39 is 0 Å². The second-order valence-electron chi connectivity index (χ2n) is 5.51. The largest absolute Gasteiger partial charge is 0.352 e. The third kappa shape index (κ3) is 5.58. The fourth-order valence-corrected chi connectivity index (χ4v) is 1.78. The van der Waals surface area contributed by atoms with Crippen LogP contribution < -0.4 is 10.6 Å². The SMILES string of the molecule is CCC(C)NC(=O)c1cccc(CNC(=O)C(C)CC)c1. The van der Waals surface area contributed by atoms with Crippen molar-refractivity contribution in [3.8, 4) is 0 Å². The van der Waals surface area contributed by atoms with Gasteiger partial charge in [-0.3, -0.25) is 9.59 Å². The number of hydrogen-bond acceptors (Lipinski definition) is 2. The number of amides is 2. The van der Waals surface area contributed by atoms with Gasteiger partial charge >= 0.3 is 0 Å². The predicted octanol–water partition coefficient (Wildman–Crippen LogP) is 2.88. The van der Waals surface area contributed by atoms with Gasteiger partial charge < -0.3 is 10.6 Å². The molecule has 0 bridgehead atoms. The topological polar surface area (TPSA) is 58.2 Å². The molecule has 0 fully saturated rings. The lowest BCUT2D eigenvalue weighted by molar-refractivity contribution is -0.124. The van der Waals surface area contributed by atoms with Crippen LogP contribution in [0.25, 0.3) is 0 Å². The van der Waals surface area contributed by atoms with Gasteiger partial charge in [0.2, 0.25) is 5.91 Å². The molecular weight excluding hydrogens is 264 g/mol. The maximum atomic E-state index is 12.1. The Morgan fingerprint density at radius 1 is 1.14 bits per heavy atom. The van der Waals surface area contributed by atoms with Crippen molar-refractivity contribution in [1.82, 2.24) is 10.6 Å². The number of carbonyl (C=O) groups excluding carboxylic acids is 2. The number of benzene rings is 1. The summed E-state index contributed by atoms with van der Waals surface area (Å²) in [7, 11) is 0. The Labute approximate surface area is 127 Å². The van der Waals surface area contributed by atoms with Crippen LogP contribution in [-0.2, 0) is 11.3 Å². The Morgan fingerprint density at radius 3 is 2.48 bits per heavy atom. The molecule has 0 saturated carbocycles. The van der Waals surface area contributed by atoms with E-state index in [1.165, 1.54) is 0 Å². The molecule has 4 heteroatoms. The number of hydrogen-bond donors (Lipinski definition) is 2. The molecule has 0 aliphatic rings. The highest BCUT2D eigenvalue weighted by atomic mass is 16.2. The maximum Gasteiger partial charge on any atom is 0.251 e. The molecule has 116 valence electrons. The summed E-state index contributed by atoms with van der Waals surface area (Å²) in [5.41, 5.74) is 1.56. The van der Waals surface area contributed by atoms with Crippen LogP contribution in [0.3, 0.4) is 0 Å². The van der Waals surface area contributed by atoms with Crippen LogP contribution in [0.15, 0.2) is 24.3 Å². The van der Waals surface area contributed by atoms with E-state index in [2.05, 4.69) is 10.6 Å². The van der Waals surface area contributed by atoms with Crippen LogP contribution in [0, 0.1) is 5.92 Å². The first-order valence-corrected chi connectivity index (χ1v) is 7.65. The first kappa shape index (κ1) is 17.2. The Bertz CT molecular complexity index is 485. The lowest BCUT2D eigenvalue weighted by atomic mass is 10.1. The van der Waals surface area contributed by atoms with Crippen LogP contribution in [-0.4, -0.2) is 17.9 Å². The normalized spacial score (nSPS) is 13.3. The Morgan fingerprint density at radius 2 is 1.86 bits per heavy atom. The van der Waals surface area contributed by atoms with Gasteiger partial charge in [0, 0.05) is 24.1 Å². The average molecular weight is 290 g/mol. The highest BCUT2D eigenvalue weighted by molar-refractivity contribution is 5.94. The van der Waals surface area contributed by atoms with Gasteiger partial charge in [0.25, 0.3) is 5.91 Å². The molecule has 4 nitrogen and oxygen atoms in total. The van der Waals surface area contributed by atoms with Crippen molar-refractivity contribution in [3.63, 3.8) is 0 Å². The van der Waals surface area contributed by atoms with Crippen molar-refractivity contribution in [3.05, 3.63) is 35.4 Å². The Hall–Kier alpha value is -1.84. The fraction of sp³-hybridized carbons (Fsp3) is 0.529. The minimum atomic E-state index is -0.0700. The van der Waals surface area contributed by atoms with Crippen molar-refractivity contribution < 1.29 is 9.59 Å². The summed E-state index contributed by atoms with van der Waals surface area (Å²) in [4.78, 5) is 23.8. The smallest absolute Gasteiger partial charge is 0.251 e. The zero-order valence-corrected chi connectivity index (χ0v) is 13.4. The van der Waals surface area contributed by atoms with Crippen LogP contribution in [0.5, 0.6) is 0 Å². The summed E-state index contributed by atoms with van der Waals surface area (Å²) in [6.07, 6.45) is 1.72. The summed E-state index contributed by atoms with van der Waals surface area (Å²) in [5, 5.41) is 5.84. The molecule has 0 radical (unpaired) electrons. The van der Waals surface area contributed by atoms with E-state index in [-0.39, 0.29) is 23.8 Å². The number of carbonyl (C=O) groups is 2. The molecule has 1 aromatic carbocycles. The number of nitrogens with one attached hydrogen (secondary N) is 2. The van der Waals surface area contributed by atoms with Gasteiger partial charge in [-0.2, -0.15) is 0 Å². The minimum Gasteiger partial charge on any atom is -0.352 e. The molecule has 2 unspecified atom stereocenters. The van der Waals surface area contributed by atoms with Crippen molar-refractivity contribution in [2.24, 2.45) is 5.92 Å². The van der Waals surface area contributed by atoms with Gasteiger partial charge in [-0.1, -0.05) is 32.9 Å². The quantitative estimate of drug-likeness (QED) is 0.811. The van der Waals surface area contributed by atoms with Gasteiger partial charge in [0.05, 0.1) is 0 Å². The van der Waals surface area contributed by atoms with Crippen LogP contribution in [0.2, 0.25) is 0 Å². The molecule has 0 aliphatic heterocycles. The van der Waals surface area contributed by atoms with Crippen LogP contribution in [0.1, 0.15) is 56.5 Å². The van der Waals surface area contributed by atoms with E-state index in [1.807, 2.05) is 45.9 Å². The third-order valence-electron chi connectivity index (χ3n) is 3.71. The zero-order chi connectivity index (χ0) is 15.8. The van der Waals surface area contributed by atoms with E-state index in [0.29, 0.717) is 12.1 Å². The lowest BCUT2D eigenvalue weighted by Gasteiger charge is -2.13. The molecule has 0 saturated heterocycles. The first-order chi connectivity index (χ1) is 9.97. The molecule has 2 N–H and O–H groups in total. The molecule has 2 amide bonds. The summed E-state index contributed by atoms with van der Waals surface area (Å²) in [6, 6.07) is 7.53. The van der Waals surface area contributed by atoms with E-state index in [1.54, 1.807) is 6.07 Å². The van der Waals surface area contributed by atoms with Crippen molar-refractivity contribution >= 4 is 11.8 Å². The van der Waals surface area contributed by atoms with Gasteiger partial charge in [-0.15, -0.1) is 0 Å². The van der Waals surface area contributed by atoms with E-state index in [0.717, 1.165) is 18.4 Å².